The van der Waals surface area contributed by atoms with Gasteiger partial charge in [0.25, 0.3) is 5.91 Å². The lowest BCUT2D eigenvalue weighted by Gasteiger charge is -2.13. The predicted molar refractivity (Wildman–Crippen MR) is 113 cm³/mol. The third-order valence-electron chi connectivity index (χ3n) is 3.88. The number of ether oxygens (including phenoxy) is 1. The summed E-state index contributed by atoms with van der Waals surface area (Å²) >= 11 is 3.32. The van der Waals surface area contributed by atoms with Gasteiger partial charge in [-0.05, 0) is 54.8 Å². The zero-order valence-corrected chi connectivity index (χ0v) is 17.6. The second-order valence-electron chi connectivity index (χ2n) is 6.34. The normalized spacial score (nSPS) is 10.1. The highest BCUT2D eigenvalue weighted by molar-refractivity contribution is 9.10. The van der Waals surface area contributed by atoms with Crippen molar-refractivity contribution in [1.82, 2.24) is 16.2 Å². The molecule has 0 aliphatic rings. The molecule has 0 spiro atoms. The first kappa shape index (κ1) is 21.6. The van der Waals surface area contributed by atoms with Gasteiger partial charge < -0.3 is 15.0 Å². The van der Waals surface area contributed by atoms with Crippen molar-refractivity contribution in [3.63, 3.8) is 0 Å². The summed E-state index contributed by atoms with van der Waals surface area (Å²) in [5, 5.41) is 2.70. The van der Waals surface area contributed by atoms with Gasteiger partial charge in [0.2, 0.25) is 0 Å². The topological polar surface area (TPSA) is 82.7 Å². The van der Waals surface area contributed by atoms with Crippen LogP contribution in [0.15, 0.2) is 53.0 Å². The largest absolute Gasteiger partial charge is 0.484 e. The number of nitrogens with zero attached hydrogens (tertiary/aromatic N) is 1. The molecule has 8 heteroatoms. The van der Waals surface area contributed by atoms with E-state index in [9.17, 15) is 9.59 Å². The minimum atomic E-state index is -0.458. The summed E-state index contributed by atoms with van der Waals surface area (Å²) in [5.41, 5.74) is 6.97. The van der Waals surface area contributed by atoms with Crippen molar-refractivity contribution >= 4 is 33.6 Å². The molecule has 3 amide bonds. The Morgan fingerprint density at radius 3 is 2.32 bits per heavy atom. The maximum atomic E-state index is 11.7. The highest BCUT2D eigenvalue weighted by Crippen LogP contribution is 2.16. The summed E-state index contributed by atoms with van der Waals surface area (Å²) in [7, 11) is 4.01. The van der Waals surface area contributed by atoms with Crippen molar-refractivity contribution in [3.8, 4) is 5.75 Å². The van der Waals surface area contributed by atoms with Gasteiger partial charge in [0, 0.05) is 30.8 Å². The molecule has 0 bridgehead atoms. The van der Waals surface area contributed by atoms with Gasteiger partial charge in [-0.25, -0.2) is 10.2 Å². The lowest BCUT2D eigenvalue weighted by molar-refractivity contribution is -0.123. The molecule has 2 aromatic rings. The Morgan fingerprint density at radius 1 is 1.00 bits per heavy atom. The van der Waals surface area contributed by atoms with Gasteiger partial charge in [0.15, 0.2) is 6.61 Å². The van der Waals surface area contributed by atoms with Gasteiger partial charge in [-0.1, -0.05) is 28.1 Å². The van der Waals surface area contributed by atoms with Gasteiger partial charge in [-0.15, -0.1) is 0 Å². The lowest BCUT2D eigenvalue weighted by Crippen LogP contribution is -2.48. The Labute approximate surface area is 173 Å². The molecule has 7 nitrogen and oxygen atoms in total. The van der Waals surface area contributed by atoms with Gasteiger partial charge >= 0.3 is 6.03 Å². The first-order valence-electron chi connectivity index (χ1n) is 8.91. The molecule has 0 aliphatic carbocycles. The van der Waals surface area contributed by atoms with E-state index in [-0.39, 0.29) is 6.61 Å². The Kier molecular flexibility index (Phi) is 8.61. The van der Waals surface area contributed by atoms with Crippen molar-refractivity contribution in [2.75, 3.05) is 32.1 Å². The van der Waals surface area contributed by atoms with E-state index in [0.717, 1.165) is 23.0 Å². The summed E-state index contributed by atoms with van der Waals surface area (Å²) in [6, 6.07) is 15.0. The van der Waals surface area contributed by atoms with E-state index in [1.54, 1.807) is 12.1 Å². The molecule has 0 radical (unpaired) electrons. The fraction of sp³-hybridized carbons (Fsp3) is 0.300. The van der Waals surface area contributed by atoms with Gasteiger partial charge in [-0.2, -0.15) is 0 Å². The van der Waals surface area contributed by atoms with E-state index in [4.69, 9.17) is 4.74 Å². The van der Waals surface area contributed by atoms with E-state index >= 15 is 0 Å². The Balaban J connectivity index is 1.56. The molecular weight excluding hydrogens is 424 g/mol. The number of aryl methyl sites for hydroxylation is 1. The third kappa shape index (κ3) is 7.87. The molecule has 0 atom stereocenters. The quantitative estimate of drug-likeness (QED) is 0.428. The summed E-state index contributed by atoms with van der Waals surface area (Å²) in [6.45, 7) is 0.317. The number of hydrogen-bond donors (Lipinski definition) is 3. The van der Waals surface area contributed by atoms with Gasteiger partial charge in [0.1, 0.15) is 5.75 Å². The molecular formula is C20H25BrN4O3. The number of anilines is 1. The molecule has 28 heavy (non-hydrogen) atoms. The van der Waals surface area contributed by atoms with E-state index < -0.39 is 11.9 Å². The number of halogens is 1. The standard InChI is InChI=1S/C20H25BrN4O3/c1-25(2)17-9-5-15(6-10-17)4-3-13-22-20(27)24-23-19(26)14-28-18-11-7-16(21)8-12-18/h5-12H,3-4,13-14H2,1-2H3,(H,23,26)(H2,22,24,27). The van der Waals surface area contributed by atoms with E-state index in [1.807, 2.05) is 31.1 Å². The zero-order chi connectivity index (χ0) is 20.4. The molecule has 3 N–H and O–H groups in total. The van der Waals surface area contributed by atoms with Crippen LogP contribution in [-0.4, -0.2) is 39.2 Å². The molecule has 0 saturated heterocycles. The average molecular weight is 449 g/mol. The second-order valence-corrected chi connectivity index (χ2v) is 7.25. The molecule has 2 aromatic carbocycles. The molecule has 2 rings (SSSR count). The first-order chi connectivity index (χ1) is 13.4. The fourth-order valence-electron chi connectivity index (χ4n) is 2.34. The zero-order valence-electron chi connectivity index (χ0n) is 16.0. The predicted octanol–water partition coefficient (Wildman–Crippen LogP) is 2.86. The Bertz CT molecular complexity index is 764. The lowest BCUT2D eigenvalue weighted by atomic mass is 10.1. The number of carbonyl (C=O) groups excluding carboxylic acids is 2. The fourth-order valence-corrected chi connectivity index (χ4v) is 2.61. The Morgan fingerprint density at radius 2 is 1.68 bits per heavy atom. The third-order valence-corrected chi connectivity index (χ3v) is 4.41. The van der Waals surface area contributed by atoms with E-state index in [0.29, 0.717) is 12.3 Å². The smallest absolute Gasteiger partial charge is 0.333 e. The molecule has 0 saturated carbocycles. The van der Waals surface area contributed by atoms with Crippen LogP contribution < -0.4 is 25.8 Å². The summed E-state index contributed by atoms with van der Waals surface area (Å²) in [6.07, 6.45) is 1.66. The summed E-state index contributed by atoms with van der Waals surface area (Å²) in [5.74, 6) is 0.125. The molecule has 0 aromatic heterocycles. The monoisotopic (exact) mass is 448 g/mol. The van der Waals surface area contributed by atoms with Crippen molar-refractivity contribution in [1.29, 1.82) is 0 Å². The minimum absolute atomic E-state index is 0.190. The number of rotatable bonds is 8. The molecule has 150 valence electrons. The number of hydrazine groups is 1. The maximum Gasteiger partial charge on any atom is 0.333 e. The van der Waals surface area contributed by atoms with Crippen LogP contribution >= 0.6 is 15.9 Å². The van der Waals surface area contributed by atoms with Crippen molar-refractivity contribution in [3.05, 3.63) is 58.6 Å². The number of hydrogen-bond acceptors (Lipinski definition) is 4. The molecule has 0 heterocycles. The molecule has 0 fully saturated rings. The van der Waals surface area contributed by atoms with Crippen LogP contribution in [0.2, 0.25) is 0 Å². The maximum absolute atomic E-state index is 11.7. The van der Waals surface area contributed by atoms with Crippen LogP contribution in [0.5, 0.6) is 5.75 Å². The highest BCUT2D eigenvalue weighted by atomic mass is 79.9. The molecule has 0 unspecified atom stereocenters. The van der Waals surface area contributed by atoms with Gasteiger partial charge in [-0.3, -0.25) is 10.2 Å². The second kappa shape index (κ2) is 11.2. The summed E-state index contributed by atoms with van der Waals surface area (Å²) in [4.78, 5) is 25.4. The first-order valence-corrected chi connectivity index (χ1v) is 9.70. The van der Waals surface area contributed by atoms with Crippen LogP contribution in [0, 0.1) is 0 Å². The van der Waals surface area contributed by atoms with Crippen LogP contribution in [0.25, 0.3) is 0 Å². The van der Waals surface area contributed by atoms with E-state index in [2.05, 4.69) is 56.4 Å². The van der Waals surface area contributed by atoms with Crippen molar-refractivity contribution in [2.24, 2.45) is 0 Å². The summed E-state index contributed by atoms with van der Waals surface area (Å²) < 4.78 is 6.24. The van der Waals surface area contributed by atoms with Crippen LogP contribution in [-0.2, 0) is 11.2 Å². The van der Waals surface area contributed by atoms with Crippen LogP contribution in [0.1, 0.15) is 12.0 Å². The minimum Gasteiger partial charge on any atom is -0.484 e. The average Bonchev–Trinajstić information content (AvgIpc) is 2.69. The molecule has 0 aliphatic heterocycles. The van der Waals surface area contributed by atoms with Crippen LogP contribution in [0.3, 0.4) is 0 Å². The number of amides is 3. The number of benzene rings is 2. The van der Waals surface area contributed by atoms with Crippen molar-refractivity contribution < 1.29 is 14.3 Å². The number of nitrogens with one attached hydrogen (secondary N) is 3. The van der Waals surface area contributed by atoms with Crippen LogP contribution in [0.4, 0.5) is 10.5 Å². The van der Waals surface area contributed by atoms with Crippen molar-refractivity contribution in [2.45, 2.75) is 12.8 Å². The number of urea groups is 1. The van der Waals surface area contributed by atoms with Gasteiger partial charge in [0.05, 0.1) is 0 Å². The SMILES string of the molecule is CN(C)c1ccc(CCCNC(=O)NNC(=O)COc2ccc(Br)cc2)cc1. The Hall–Kier alpha value is -2.74. The van der Waals surface area contributed by atoms with E-state index in [1.165, 1.54) is 5.56 Å². The number of carbonyl (C=O) groups is 2. The highest BCUT2D eigenvalue weighted by Gasteiger charge is 2.05.